The molecule has 1 atom stereocenters. The topological polar surface area (TPSA) is 76.8 Å². The van der Waals surface area contributed by atoms with Gasteiger partial charge in [-0.3, -0.25) is 4.98 Å². The van der Waals surface area contributed by atoms with Gasteiger partial charge < -0.3 is 24.1 Å². The van der Waals surface area contributed by atoms with E-state index in [2.05, 4.69) is 21.3 Å². The molecule has 0 spiro atoms. The monoisotopic (exact) mass is 411 g/mol. The molecule has 3 aromatic rings. The van der Waals surface area contributed by atoms with E-state index in [4.69, 9.17) is 13.9 Å². The van der Waals surface area contributed by atoms with E-state index in [1.54, 1.807) is 0 Å². The van der Waals surface area contributed by atoms with Gasteiger partial charge in [-0.1, -0.05) is 6.07 Å². The Balaban J connectivity index is 1.76. The number of aromatic nitrogens is 1. The van der Waals surface area contributed by atoms with Gasteiger partial charge in [0, 0.05) is 30.2 Å². The summed E-state index contributed by atoms with van der Waals surface area (Å²) >= 11 is 0. The lowest BCUT2D eigenvalue weighted by Gasteiger charge is -2.28. The van der Waals surface area contributed by atoms with Crippen molar-refractivity contribution in [1.82, 2.24) is 10.3 Å². The van der Waals surface area contributed by atoms with Gasteiger partial charge in [-0.05, 0) is 52.3 Å². The summed E-state index contributed by atoms with van der Waals surface area (Å²) in [5.41, 5.74) is 4.80. The molecule has 3 heterocycles. The second-order valence-electron chi connectivity index (χ2n) is 8.81. The highest BCUT2D eigenvalue weighted by molar-refractivity contribution is 6.07. The van der Waals surface area contributed by atoms with E-state index in [1.165, 1.54) is 0 Å². The highest BCUT2D eigenvalue weighted by atomic mass is 16.6. The zero-order valence-corrected chi connectivity index (χ0v) is 18.2. The maximum atomic E-state index is 12.3. The van der Waals surface area contributed by atoms with E-state index in [0.29, 0.717) is 13.2 Å². The normalized spacial score (nSPS) is 16.1. The zero-order chi connectivity index (χ0) is 21.5. The molecule has 1 amide bonds. The van der Waals surface area contributed by atoms with Crippen LogP contribution in [0.3, 0.4) is 0 Å². The van der Waals surface area contributed by atoms with Crippen molar-refractivity contribution >= 4 is 33.8 Å². The molecule has 2 aromatic heterocycles. The van der Waals surface area contributed by atoms with Crippen LogP contribution in [-0.2, 0) is 9.47 Å². The quantitative estimate of drug-likeness (QED) is 0.672. The number of pyridine rings is 1. The lowest BCUT2D eigenvalue weighted by Crippen LogP contribution is -2.36. The number of ether oxygens (including phenoxy) is 2. The van der Waals surface area contributed by atoms with Crippen LogP contribution >= 0.6 is 0 Å². The number of hydrogen-bond acceptors (Lipinski definition) is 6. The molecule has 0 radical (unpaired) electrons. The predicted octanol–water partition coefficient (Wildman–Crippen LogP) is 4.71. The molecule has 30 heavy (non-hydrogen) atoms. The molecule has 1 aliphatic rings. The lowest BCUT2D eigenvalue weighted by atomic mass is 10.0. The molecule has 7 nitrogen and oxygen atoms in total. The number of alkyl carbamates (subject to hydrolysis) is 1. The van der Waals surface area contributed by atoms with Crippen molar-refractivity contribution < 1.29 is 18.7 Å². The molecule has 0 saturated carbocycles. The van der Waals surface area contributed by atoms with Gasteiger partial charge in [0.15, 0.2) is 5.58 Å². The van der Waals surface area contributed by atoms with Gasteiger partial charge in [0.05, 0.1) is 24.9 Å². The van der Waals surface area contributed by atoms with Crippen LogP contribution in [0.4, 0.5) is 10.5 Å². The minimum absolute atomic E-state index is 0.283. The Morgan fingerprint density at radius 2 is 1.97 bits per heavy atom. The number of hydrogen-bond donors (Lipinski definition) is 1. The second-order valence-corrected chi connectivity index (χ2v) is 8.81. The minimum atomic E-state index is -0.554. The fraction of sp³-hybridized carbons (Fsp3) is 0.478. The van der Waals surface area contributed by atoms with E-state index in [1.807, 2.05) is 52.9 Å². The maximum absolute atomic E-state index is 12.3. The van der Waals surface area contributed by atoms with Crippen molar-refractivity contribution in [2.75, 3.05) is 31.2 Å². The number of benzene rings is 1. The first-order valence-corrected chi connectivity index (χ1v) is 10.4. The zero-order valence-electron chi connectivity index (χ0n) is 18.2. The molecule has 1 fully saturated rings. The molecule has 1 saturated heterocycles. The third-order valence-electron chi connectivity index (χ3n) is 5.16. The van der Waals surface area contributed by atoms with E-state index >= 15 is 0 Å². The minimum Gasteiger partial charge on any atom is -0.452 e. The summed E-state index contributed by atoms with van der Waals surface area (Å²) in [6.45, 7) is 12.5. The molecule has 0 bridgehead atoms. The smallest absolute Gasteiger partial charge is 0.408 e. The van der Waals surface area contributed by atoms with Gasteiger partial charge in [0.25, 0.3) is 0 Å². The van der Waals surface area contributed by atoms with Gasteiger partial charge in [-0.2, -0.15) is 0 Å². The summed E-state index contributed by atoms with van der Waals surface area (Å²) in [7, 11) is 0. The third kappa shape index (κ3) is 4.07. The Morgan fingerprint density at radius 3 is 2.67 bits per heavy atom. The number of furan rings is 1. The maximum Gasteiger partial charge on any atom is 0.408 e. The van der Waals surface area contributed by atoms with Crippen molar-refractivity contribution in [2.24, 2.45) is 0 Å². The van der Waals surface area contributed by atoms with Gasteiger partial charge in [0.1, 0.15) is 16.7 Å². The van der Waals surface area contributed by atoms with Crippen molar-refractivity contribution in [3.05, 3.63) is 35.5 Å². The van der Waals surface area contributed by atoms with E-state index in [-0.39, 0.29) is 6.04 Å². The molecule has 0 aliphatic carbocycles. The van der Waals surface area contributed by atoms with Crippen molar-refractivity contribution in [1.29, 1.82) is 0 Å². The number of nitrogens with zero attached hydrogens (tertiary/aromatic N) is 2. The fourth-order valence-electron chi connectivity index (χ4n) is 3.86. The first-order chi connectivity index (χ1) is 14.2. The Labute approximate surface area is 176 Å². The number of rotatable bonds is 3. The molecule has 7 heteroatoms. The first-order valence-electron chi connectivity index (χ1n) is 10.4. The SMILES string of the molecule is Cc1cc([C@@H](C)NC(=O)OC(C)(C)C)c2oc3c(N4CCOCC4)ccnc3c2c1. The summed E-state index contributed by atoms with van der Waals surface area (Å²) in [4.78, 5) is 19.2. The molecular formula is C23H29N3O4. The molecule has 0 unspecified atom stereocenters. The van der Waals surface area contributed by atoms with Crippen LogP contribution in [0, 0.1) is 6.92 Å². The fourth-order valence-corrected chi connectivity index (χ4v) is 3.86. The van der Waals surface area contributed by atoms with Gasteiger partial charge in [-0.25, -0.2) is 4.79 Å². The average molecular weight is 412 g/mol. The van der Waals surface area contributed by atoms with Gasteiger partial charge in [0.2, 0.25) is 0 Å². The Morgan fingerprint density at radius 1 is 1.23 bits per heavy atom. The molecule has 160 valence electrons. The van der Waals surface area contributed by atoms with Crippen molar-refractivity contribution in [3.63, 3.8) is 0 Å². The van der Waals surface area contributed by atoms with Crippen LogP contribution in [0.25, 0.3) is 22.1 Å². The number of morpholine rings is 1. The molecular weight excluding hydrogens is 382 g/mol. The summed E-state index contributed by atoms with van der Waals surface area (Å²) < 4.78 is 17.3. The van der Waals surface area contributed by atoms with Crippen LogP contribution in [0.5, 0.6) is 0 Å². The summed E-state index contributed by atoms with van der Waals surface area (Å²) in [5.74, 6) is 0. The number of fused-ring (bicyclic) bond motifs is 3. The Kier molecular flexibility index (Phi) is 5.32. The van der Waals surface area contributed by atoms with Crippen LogP contribution in [0.1, 0.15) is 44.9 Å². The third-order valence-corrected chi connectivity index (χ3v) is 5.16. The molecule has 1 N–H and O–H groups in total. The van der Waals surface area contributed by atoms with Crippen LogP contribution < -0.4 is 10.2 Å². The number of anilines is 1. The van der Waals surface area contributed by atoms with E-state index in [9.17, 15) is 4.79 Å². The molecule has 4 rings (SSSR count). The number of carbonyl (C=O) groups is 1. The number of amides is 1. The predicted molar refractivity (Wildman–Crippen MR) is 117 cm³/mol. The summed E-state index contributed by atoms with van der Waals surface area (Å²) in [6.07, 6.45) is 1.37. The van der Waals surface area contributed by atoms with Crippen LogP contribution in [0.2, 0.25) is 0 Å². The number of carbonyl (C=O) groups excluding carboxylic acids is 1. The summed E-state index contributed by atoms with van der Waals surface area (Å²) in [6, 6.07) is 5.84. The van der Waals surface area contributed by atoms with Crippen molar-refractivity contribution in [2.45, 2.75) is 46.3 Å². The highest BCUT2D eigenvalue weighted by Gasteiger charge is 2.24. The van der Waals surface area contributed by atoms with E-state index < -0.39 is 11.7 Å². The van der Waals surface area contributed by atoms with Crippen LogP contribution in [0.15, 0.2) is 28.8 Å². The largest absolute Gasteiger partial charge is 0.452 e. The van der Waals surface area contributed by atoms with E-state index in [0.717, 1.165) is 52.0 Å². The van der Waals surface area contributed by atoms with Crippen molar-refractivity contribution in [3.8, 4) is 0 Å². The number of nitrogens with one attached hydrogen (secondary N) is 1. The highest BCUT2D eigenvalue weighted by Crippen LogP contribution is 2.37. The molecule has 1 aromatic carbocycles. The van der Waals surface area contributed by atoms with Gasteiger partial charge in [-0.15, -0.1) is 0 Å². The Bertz CT molecular complexity index is 1080. The number of aryl methyl sites for hydroxylation is 1. The standard InChI is InChI=1S/C23H29N3O4/c1-14-12-16(15(2)25-22(27)30-23(3,4)5)20-17(13-14)19-21(29-20)18(6-7-24-19)26-8-10-28-11-9-26/h6-7,12-13,15H,8-11H2,1-5H3,(H,25,27)/t15-/m1/s1. The Hall–Kier alpha value is -2.80. The molecule has 1 aliphatic heterocycles. The first kappa shape index (κ1) is 20.5. The lowest BCUT2D eigenvalue weighted by molar-refractivity contribution is 0.0508. The average Bonchev–Trinajstić information content (AvgIpc) is 3.05. The van der Waals surface area contributed by atoms with Crippen LogP contribution in [-0.4, -0.2) is 43.0 Å². The van der Waals surface area contributed by atoms with Gasteiger partial charge >= 0.3 is 6.09 Å². The second kappa shape index (κ2) is 7.80. The summed E-state index contributed by atoms with van der Waals surface area (Å²) in [5, 5.41) is 3.88.